The Hall–Kier alpha value is -4.66. The number of aromatic hydroxyl groups is 1. The molecule has 0 aliphatic carbocycles. The molecule has 0 saturated carbocycles. The summed E-state index contributed by atoms with van der Waals surface area (Å²) < 4.78 is 0. The third-order valence-electron chi connectivity index (χ3n) is 5.07. The molecule has 31 heavy (non-hydrogen) atoms. The number of hydrogen-bond donors (Lipinski definition) is 3. The number of rotatable bonds is 3. The molecule has 0 aliphatic rings. The van der Waals surface area contributed by atoms with Gasteiger partial charge in [-0.25, -0.2) is 9.97 Å². The first kappa shape index (κ1) is 17.2. The van der Waals surface area contributed by atoms with Crippen molar-refractivity contribution < 1.29 is 5.11 Å². The first-order chi connectivity index (χ1) is 15.3. The highest BCUT2D eigenvalue weighted by molar-refractivity contribution is 5.96. The number of hydrogen-bond acceptors (Lipinski definition) is 7. The highest BCUT2D eigenvalue weighted by Gasteiger charge is 2.17. The average molecular weight is 406 g/mol. The summed E-state index contributed by atoms with van der Waals surface area (Å²) in [7, 11) is 0. The van der Waals surface area contributed by atoms with Crippen molar-refractivity contribution in [3.05, 3.63) is 67.5 Å². The summed E-state index contributed by atoms with van der Waals surface area (Å²) in [6, 6.07) is 9.33. The lowest BCUT2D eigenvalue weighted by Gasteiger charge is -2.01. The third-order valence-corrected chi connectivity index (χ3v) is 5.07. The zero-order valence-corrected chi connectivity index (χ0v) is 16.0. The lowest BCUT2D eigenvalue weighted by molar-refractivity contribution is 0.473. The van der Waals surface area contributed by atoms with Crippen LogP contribution in [-0.4, -0.2) is 45.2 Å². The summed E-state index contributed by atoms with van der Waals surface area (Å²) in [4.78, 5) is 25.1. The minimum atomic E-state index is 0.0822. The van der Waals surface area contributed by atoms with Crippen LogP contribution in [-0.2, 0) is 0 Å². The van der Waals surface area contributed by atoms with Gasteiger partial charge in [0.1, 0.15) is 17.0 Å². The molecule has 0 saturated heterocycles. The molecule has 148 valence electrons. The Kier molecular flexibility index (Phi) is 3.72. The highest BCUT2D eigenvalue weighted by atomic mass is 16.3. The molecule has 0 fully saturated rings. The molecule has 0 amide bonds. The molecule has 6 heterocycles. The summed E-state index contributed by atoms with van der Waals surface area (Å²) in [5.41, 5.74) is 6.21. The van der Waals surface area contributed by atoms with Crippen molar-refractivity contribution in [2.24, 2.45) is 0 Å². The second-order valence-electron chi connectivity index (χ2n) is 7.00. The van der Waals surface area contributed by atoms with Crippen molar-refractivity contribution in [2.45, 2.75) is 0 Å². The summed E-state index contributed by atoms with van der Waals surface area (Å²) in [5.74, 6) is 0.681. The van der Waals surface area contributed by atoms with E-state index in [1.807, 2.05) is 24.3 Å². The largest absolute Gasteiger partial charge is 0.506 e. The van der Waals surface area contributed by atoms with E-state index in [9.17, 15) is 5.11 Å². The quantitative estimate of drug-likeness (QED) is 0.408. The summed E-state index contributed by atoms with van der Waals surface area (Å²) in [6.45, 7) is 0. The zero-order valence-electron chi connectivity index (χ0n) is 16.0. The van der Waals surface area contributed by atoms with Crippen molar-refractivity contribution >= 4 is 22.1 Å². The Bertz CT molecular complexity index is 1550. The van der Waals surface area contributed by atoms with E-state index in [4.69, 9.17) is 4.98 Å². The Morgan fingerprint density at radius 1 is 0.839 bits per heavy atom. The van der Waals surface area contributed by atoms with E-state index >= 15 is 0 Å². The monoisotopic (exact) mass is 406 g/mol. The molecular weight excluding hydrogens is 392 g/mol. The van der Waals surface area contributed by atoms with Gasteiger partial charge in [0, 0.05) is 41.3 Å². The van der Waals surface area contributed by atoms with Gasteiger partial charge in [0.05, 0.1) is 23.6 Å². The maximum atomic E-state index is 9.75. The van der Waals surface area contributed by atoms with Gasteiger partial charge >= 0.3 is 0 Å². The standard InChI is InChI=1S/C22H14N8O/c31-14-7-13(9-24-10-14)17-8-16-18(11-26-17)29-30-20(16)22-27-19-15(3-6-25-21(19)28-22)12-1-4-23-5-2-12/h1-11,31H,(H,29,30)(H,25,27,28). The molecule has 6 aromatic rings. The van der Waals surface area contributed by atoms with Crippen LogP contribution in [0, 0.1) is 0 Å². The van der Waals surface area contributed by atoms with Crippen molar-refractivity contribution in [1.82, 2.24) is 40.1 Å². The van der Waals surface area contributed by atoms with E-state index in [1.165, 1.54) is 6.20 Å². The van der Waals surface area contributed by atoms with Gasteiger partial charge in [-0.2, -0.15) is 5.10 Å². The van der Waals surface area contributed by atoms with E-state index in [1.54, 1.807) is 37.1 Å². The van der Waals surface area contributed by atoms with Gasteiger partial charge in [0.2, 0.25) is 0 Å². The second kappa shape index (κ2) is 6.70. The summed E-state index contributed by atoms with van der Waals surface area (Å²) in [6.07, 6.45) is 9.99. The Balaban J connectivity index is 1.51. The summed E-state index contributed by atoms with van der Waals surface area (Å²) >= 11 is 0. The number of nitrogens with zero attached hydrogens (tertiary/aromatic N) is 6. The van der Waals surface area contributed by atoms with E-state index in [-0.39, 0.29) is 5.75 Å². The van der Waals surface area contributed by atoms with Crippen molar-refractivity contribution in [1.29, 1.82) is 0 Å². The lowest BCUT2D eigenvalue weighted by Crippen LogP contribution is -1.86. The fraction of sp³-hybridized carbons (Fsp3) is 0. The molecule has 0 atom stereocenters. The fourth-order valence-corrected chi connectivity index (χ4v) is 3.61. The van der Waals surface area contributed by atoms with Crippen LogP contribution in [0.25, 0.3) is 56.0 Å². The van der Waals surface area contributed by atoms with E-state index in [2.05, 4.69) is 35.1 Å². The van der Waals surface area contributed by atoms with Gasteiger partial charge in [-0.05, 0) is 35.9 Å². The van der Waals surface area contributed by atoms with Crippen molar-refractivity contribution in [2.75, 3.05) is 0 Å². The van der Waals surface area contributed by atoms with Gasteiger partial charge in [-0.3, -0.25) is 20.1 Å². The smallest absolute Gasteiger partial charge is 0.160 e. The molecule has 0 radical (unpaired) electrons. The predicted molar refractivity (Wildman–Crippen MR) is 115 cm³/mol. The molecule has 0 aliphatic heterocycles. The topological polar surface area (TPSA) is 129 Å². The molecule has 0 bridgehead atoms. The molecule has 9 nitrogen and oxygen atoms in total. The Labute approximate surface area is 174 Å². The lowest BCUT2D eigenvalue weighted by atomic mass is 10.1. The molecule has 9 heteroatoms. The van der Waals surface area contributed by atoms with Crippen LogP contribution in [0.5, 0.6) is 5.75 Å². The number of pyridine rings is 4. The first-order valence-corrected chi connectivity index (χ1v) is 9.50. The first-order valence-electron chi connectivity index (χ1n) is 9.50. The molecule has 0 unspecified atom stereocenters. The van der Waals surface area contributed by atoms with E-state index in [0.29, 0.717) is 28.4 Å². The SMILES string of the molecule is Oc1cncc(-c2cc3c(-c4nc5c(-c6ccncc6)ccnc5[nH]4)n[nH]c3cn2)c1. The van der Waals surface area contributed by atoms with Crippen LogP contribution in [0.3, 0.4) is 0 Å². The number of aromatic nitrogens is 8. The van der Waals surface area contributed by atoms with Gasteiger partial charge < -0.3 is 10.1 Å². The molecule has 6 rings (SSSR count). The number of aromatic amines is 2. The van der Waals surface area contributed by atoms with Crippen LogP contribution >= 0.6 is 0 Å². The summed E-state index contributed by atoms with van der Waals surface area (Å²) in [5, 5.41) is 18.0. The van der Waals surface area contributed by atoms with E-state index in [0.717, 1.165) is 27.5 Å². The number of fused-ring (bicyclic) bond motifs is 2. The third kappa shape index (κ3) is 2.87. The van der Waals surface area contributed by atoms with E-state index < -0.39 is 0 Å². The van der Waals surface area contributed by atoms with Crippen LogP contribution < -0.4 is 0 Å². The van der Waals surface area contributed by atoms with Gasteiger partial charge in [0.25, 0.3) is 0 Å². The molecule has 3 N–H and O–H groups in total. The van der Waals surface area contributed by atoms with Crippen molar-refractivity contribution in [3.8, 4) is 39.7 Å². The normalized spacial score (nSPS) is 11.4. The maximum absolute atomic E-state index is 9.75. The number of nitrogens with one attached hydrogen (secondary N) is 2. The van der Waals surface area contributed by atoms with Crippen LogP contribution in [0.4, 0.5) is 0 Å². The van der Waals surface area contributed by atoms with Crippen LogP contribution in [0.1, 0.15) is 0 Å². The molecular formula is C22H14N8O. The molecule has 6 aromatic heterocycles. The maximum Gasteiger partial charge on any atom is 0.160 e. The average Bonchev–Trinajstić information content (AvgIpc) is 3.43. The van der Waals surface area contributed by atoms with Gasteiger partial charge in [-0.1, -0.05) is 0 Å². The number of H-pyrrole nitrogens is 2. The number of imidazole rings is 1. The highest BCUT2D eigenvalue weighted by Crippen LogP contribution is 2.31. The Morgan fingerprint density at radius 2 is 1.74 bits per heavy atom. The predicted octanol–water partition coefficient (Wildman–Crippen LogP) is 3.73. The fourth-order valence-electron chi connectivity index (χ4n) is 3.61. The molecule has 0 spiro atoms. The minimum Gasteiger partial charge on any atom is -0.506 e. The second-order valence-corrected chi connectivity index (χ2v) is 7.00. The minimum absolute atomic E-state index is 0.0822. The van der Waals surface area contributed by atoms with Crippen LogP contribution in [0.15, 0.2) is 67.5 Å². The van der Waals surface area contributed by atoms with Gasteiger partial charge in [-0.15, -0.1) is 0 Å². The zero-order chi connectivity index (χ0) is 20.8. The molecule has 0 aromatic carbocycles. The Morgan fingerprint density at radius 3 is 2.61 bits per heavy atom. The van der Waals surface area contributed by atoms with Crippen LogP contribution in [0.2, 0.25) is 0 Å². The van der Waals surface area contributed by atoms with Crippen molar-refractivity contribution in [3.63, 3.8) is 0 Å². The van der Waals surface area contributed by atoms with Gasteiger partial charge in [0.15, 0.2) is 11.5 Å².